The minimum Gasteiger partial charge on any atom is -0.487 e. The number of carboxylic acids is 1. The van der Waals surface area contributed by atoms with Crippen molar-refractivity contribution in [2.75, 3.05) is 19.4 Å². The van der Waals surface area contributed by atoms with Crippen LogP contribution in [0.1, 0.15) is 49.8 Å². The third-order valence-electron chi connectivity index (χ3n) is 7.98. The maximum absolute atomic E-state index is 13.9. The average molecular weight is 766 g/mol. The van der Waals surface area contributed by atoms with E-state index in [0.717, 1.165) is 18.2 Å². The quantitative estimate of drug-likeness (QED) is 0.0533. The second-order valence-corrected chi connectivity index (χ2v) is 15.7. The molecule has 0 radical (unpaired) electrons. The summed E-state index contributed by atoms with van der Waals surface area (Å²) in [6.45, 7) is 3.65. The van der Waals surface area contributed by atoms with E-state index in [9.17, 15) is 31.5 Å². The van der Waals surface area contributed by atoms with E-state index in [1.165, 1.54) is 24.3 Å². The molecule has 4 aromatic carbocycles. The summed E-state index contributed by atoms with van der Waals surface area (Å²) in [5.41, 5.74) is 2.21. The van der Waals surface area contributed by atoms with Crippen molar-refractivity contribution in [2.24, 2.45) is 0 Å². The minimum atomic E-state index is -4.31. The zero-order chi connectivity index (χ0) is 38.6. The van der Waals surface area contributed by atoms with Crippen molar-refractivity contribution in [1.29, 1.82) is 5.41 Å². The average Bonchev–Trinajstić information content (AvgIpc) is 3.13. The van der Waals surface area contributed by atoms with Gasteiger partial charge in [0.05, 0.1) is 11.5 Å². The summed E-state index contributed by atoms with van der Waals surface area (Å²) in [5.74, 6) is -1.41. The first-order valence-electron chi connectivity index (χ1n) is 16.9. The Morgan fingerprint density at radius 1 is 0.868 bits per heavy atom. The van der Waals surface area contributed by atoms with Gasteiger partial charge in [-0.05, 0) is 66.3 Å². The van der Waals surface area contributed by atoms with E-state index in [0.29, 0.717) is 23.1 Å². The van der Waals surface area contributed by atoms with Gasteiger partial charge in [0.2, 0.25) is 10.0 Å². The normalized spacial score (nSPS) is 12.1. The van der Waals surface area contributed by atoms with Gasteiger partial charge in [-0.15, -0.1) is 0 Å². The molecule has 0 aliphatic heterocycles. The summed E-state index contributed by atoms with van der Waals surface area (Å²) in [4.78, 5) is 23.9. The molecule has 4 aromatic rings. The van der Waals surface area contributed by atoms with Gasteiger partial charge in [0, 0.05) is 23.9 Å². The number of aliphatic carboxylic acids is 1. The summed E-state index contributed by atoms with van der Waals surface area (Å²) < 4.78 is 72.2. The van der Waals surface area contributed by atoms with Gasteiger partial charge in [-0.3, -0.25) is 10.7 Å². The number of alkyl carbamates (subject to hydrolysis) is 1. The lowest BCUT2D eigenvalue weighted by molar-refractivity contribution is -0.145. The highest BCUT2D eigenvalue weighted by Crippen LogP contribution is 2.33. The molecule has 13 nitrogen and oxygen atoms in total. The number of carbonyl (C=O) groups excluding carboxylic acids is 1. The first-order chi connectivity index (χ1) is 25.2. The standard InChI is InChI=1S/C38H43N3O10S2/c1-4-6-22-49-38(44)41-36(39)29-18-19-32(50-25-26-12-8-7-9-13-26)35(24-29)53(47,48)40-21-20-27-16-17-28(23-33(27)51-31(5-2)37(42)43)30-14-10-11-15-34(30)52(3,45)46/h7-19,23-24,31,40H,4-6,20-22,25H2,1-3H3,(H,42,43)(H2,39,41,44). The Bertz CT molecular complexity index is 2140. The minimum absolute atomic E-state index is 0.00795. The largest absolute Gasteiger partial charge is 0.487 e. The van der Waals surface area contributed by atoms with Crippen molar-refractivity contribution in [3.05, 3.63) is 108 Å². The highest BCUT2D eigenvalue weighted by atomic mass is 32.2. The number of amides is 1. The summed E-state index contributed by atoms with van der Waals surface area (Å²) in [5, 5.41) is 20.4. The number of hydrogen-bond acceptors (Lipinski definition) is 10. The molecule has 1 unspecified atom stereocenters. The number of sulfone groups is 1. The molecule has 1 amide bonds. The molecule has 0 saturated heterocycles. The second-order valence-electron chi connectivity index (χ2n) is 12.0. The predicted molar refractivity (Wildman–Crippen MR) is 200 cm³/mol. The SMILES string of the molecule is CCCCOC(=O)NC(=N)c1ccc(OCc2ccccc2)c(S(=O)(=O)NCCc2ccc(-c3ccccc3S(C)(=O)=O)cc2OC(CC)C(=O)O)c1. The van der Waals surface area contributed by atoms with Crippen molar-refractivity contribution in [2.45, 2.75) is 62.0 Å². The van der Waals surface area contributed by atoms with Crippen LogP contribution in [-0.4, -0.2) is 65.4 Å². The molecule has 0 bridgehead atoms. The molecule has 0 aliphatic rings. The molecule has 282 valence electrons. The fraction of sp³-hybridized carbons (Fsp3) is 0.289. The Balaban J connectivity index is 1.62. The van der Waals surface area contributed by atoms with Crippen LogP contribution in [0.2, 0.25) is 0 Å². The van der Waals surface area contributed by atoms with Gasteiger partial charge in [-0.25, -0.2) is 31.1 Å². The number of nitrogens with one attached hydrogen (secondary N) is 3. The van der Waals surface area contributed by atoms with Crippen molar-refractivity contribution < 1.29 is 45.7 Å². The summed E-state index contributed by atoms with van der Waals surface area (Å²) in [6, 6.07) is 24.4. The number of carboxylic acid groups (broad SMARTS) is 1. The number of benzene rings is 4. The third kappa shape index (κ3) is 11.4. The highest BCUT2D eigenvalue weighted by molar-refractivity contribution is 7.91. The van der Waals surface area contributed by atoms with Crippen molar-refractivity contribution in [1.82, 2.24) is 10.0 Å². The van der Waals surface area contributed by atoms with Gasteiger partial charge in [0.25, 0.3) is 0 Å². The number of unbranched alkanes of at least 4 members (excludes halogenated alkanes) is 1. The molecule has 4 N–H and O–H groups in total. The molecule has 0 fully saturated rings. The maximum atomic E-state index is 13.9. The Kier molecular flexibility index (Phi) is 14.1. The van der Waals surface area contributed by atoms with E-state index in [1.807, 2.05) is 37.3 Å². The lowest BCUT2D eigenvalue weighted by Crippen LogP contribution is -2.32. The molecular weight excluding hydrogens is 723 g/mol. The maximum Gasteiger partial charge on any atom is 0.412 e. The first-order valence-corrected chi connectivity index (χ1v) is 20.3. The Hall–Kier alpha value is -5.25. The molecule has 15 heteroatoms. The third-order valence-corrected chi connectivity index (χ3v) is 10.6. The van der Waals surface area contributed by atoms with Crippen LogP contribution in [0, 0.1) is 5.41 Å². The number of rotatable bonds is 18. The molecule has 4 rings (SSSR count). The number of hydrogen-bond donors (Lipinski definition) is 4. The molecule has 0 saturated carbocycles. The van der Waals surface area contributed by atoms with E-state index in [2.05, 4.69) is 10.0 Å². The number of ether oxygens (including phenoxy) is 3. The molecule has 1 atom stereocenters. The molecule has 0 aliphatic carbocycles. The highest BCUT2D eigenvalue weighted by Gasteiger charge is 2.24. The fourth-order valence-electron chi connectivity index (χ4n) is 5.17. The Morgan fingerprint density at radius 2 is 1.58 bits per heavy atom. The lowest BCUT2D eigenvalue weighted by atomic mass is 10.0. The topological polar surface area (TPSA) is 198 Å². The summed E-state index contributed by atoms with van der Waals surface area (Å²) >= 11 is 0. The Morgan fingerprint density at radius 3 is 2.26 bits per heavy atom. The molecule has 0 aromatic heterocycles. The first kappa shape index (κ1) is 40.5. The summed E-state index contributed by atoms with van der Waals surface area (Å²) in [7, 11) is -7.92. The molecule has 0 heterocycles. The monoisotopic (exact) mass is 765 g/mol. The Labute approximate surface area is 309 Å². The van der Waals surface area contributed by atoms with Crippen LogP contribution >= 0.6 is 0 Å². The van der Waals surface area contributed by atoms with Gasteiger partial charge in [0.15, 0.2) is 15.9 Å². The number of amidine groups is 1. The van der Waals surface area contributed by atoms with Crippen LogP contribution in [0.4, 0.5) is 4.79 Å². The van der Waals surface area contributed by atoms with Crippen LogP contribution in [-0.2, 0) is 42.4 Å². The van der Waals surface area contributed by atoms with Gasteiger partial charge < -0.3 is 19.3 Å². The molecule has 53 heavy (non-hydrogen) atoms. The van der Waals surface area contributed by atoms with Crippen LogP contribution < -0.4 is 19.5 Å². The van der Waals surface area contributed by atoms with Crippen LogP contribution in [0.25, 0.3) is 11.1 Å². The van der Waals surface area contributed by atoms with Gasteiger partial charge >= 0.3 is 12.1 Å². The zero-order valence-corrected chi connectivity index (χ0v) is 31.3. The van der Waals surface area contributed by atoms with Crippen LogP contribution in [0.15, 0.2) is 101 Å². The zero-order valence-electron chi connectivity index (χ0n) is 29.6. The van der Waals surface area contributed by atoms with E-state index in [4.69, 9.17) is 19.6 Å². The van der Waals surface area contributed by atoms with Crippen molar-refractivity contribution >= 4 is 37.8 Å². The summed E-state index contributed by atoms with van der Waals surface area (Å²) in [6.07, 6.45) is 0.684. The lowest BCUT2D eigenvalue weighted by Gasteiger charge is -2.19. The number of sulfonamides is 1. The van der Waals surface area contributed by atoms with Crippen LogP contribution in [0.3, 0.4) is 0 Å². The van der Waals surface area contributed by atoms with E-state index >= 15 is 0 Å². The van der Waals surface area contributed by atoms with Crippen molar-refractivity contribution in [3.8, 4) is 22.6 Å². The van der Waals surface area contributed by atoms with Crippen LogP contribution in [0.5, 0.6) is 11.5 Å². The number of carbonyl (C=O) groups is 2. The smallest absolute Gasteiger partial charge is 0.412 e. The van der Waals surface area contributed by atoms with Gasteiger partial charge in [-0.2, -0.15) is 0 Å². The van der Waals surface area contributed by atoms with E-state index in [1.54, 1.807) is 43.3 Å². The van der Waals surface area contributed by atoms with E-state index in [-0.39, 0.29) is 65.3 Å². The second kappa shape index (κ2) is 18.5. The van der Waals surface area contributed by atoms with Gasteiger partial charge in [0.1, 0.15) is 28.8 Å². The fourth-order valence-corrected chi connectivity index (χ4v) is 7.29. The molecular formula is C38H43N3O10S2. The van der Waals surface area contributed by atoms with Crippen molar-refractivity contribution in [3.63, 3.8) is 0 Å². The van der Waals surface area contributed by atoms with E-state index < -0.39 is 38.0 Å². The predicted octanol–water partition coefficient (Wildman–Crippen LogP) is 5.95. The molecule has 0 spiro atoms. The van der Waals surface area contributed by atoms with Gasteiger partial charge in [-0.1, -0.05) is 80.9 Å².